The number of carbonyl (C=O) groups is 2. The van der Waals surface area contributed by atoms with Crippen LogP contribution in [0.1, 0.15) is 18.9 Å². The number of carbonyl (C=O) groups excluding carboxylic acids is 2. The first kappa shape index (κ1) is 16.0. The zero-order chi connectivity index (χ0) is 16.1. The van der Waals surface area contributed by atoms with Gasteiger partial charge in [0.2, 0.25) is 5.91 Å². The Labute approximate surface area is 131 Å². The fraction of sp³-hybridized carbons (Fsp3) is 0.286. The quantitative estimate of drug-likeness (QED) is 0.614. The van der Waals surface area contributed by atoms with Crippen LogP contribution in [0.15, 0.2) is 34.5 Å². The Balaban J connectivity index is 2.06. The molecule has 8 heteroatoms. The molecule has 0 saturated carbocycles. The van der Waals surface area contributed by atoms with Gasteiger partial charge in [-0.2, -0.15) is 5.10 Å². The molecule has 7 nitrogen and oxygen atoms in total. The van der Waals surface area contributed by atoms with E-state index in [1.54, 1.807) is 14.0 Å². The number of carboxylic acids is 1. The summed E-state index contributed by atoms with van der Waals surface area (Å²) in [6, 6.07) is 7.31. The van der Waals surface area contributed by atoms with Crippen LogP contribution in [-0.4, -0.2) is 35.1 Å². The monoisotopic (exact) mass is 320 g/mol. The second-order valence-corrected chi connectivity index (χ2v) is 5.68. The average Bonchev–Trinajstić information content (AvgIpc) is 2.84. The van der Waals surface area contributed by atoms with Crippen LogP contribution in [0.4, 0.5) is 0 Å². The van der Waals surface area contributed by atoms with Gasteiger partial charge in [0.1, 0.15) is 5.75 Å². The normalized spacial score (nSPS) is 20.1. The molecule has 1 amide bonds. The highest BCUT2D eigenvalue weighted by Gasteiger charge is 2.30. The first-order chi connectivity index (χ1) is 10.5. The lowest BCUT2D eigenvalue weighted by atomic mass is 10.1. The molecule has 0 aromatic heterocycles. The maximum absolute atomic E-state index is 11.5. The third kappa shape index (κ3) is 4.08. The van der Waals surface area contributed by atoms with Gasteiger partial charge in [-0.05, 0) is 36.8 Å². The molecule has 1 aromatic rings. The van der Waals surface area contributed by atoms with Gasteiger partial charge in [-0.25, -0.2) is 0 Å². The number of amidine groups is 1. The topological polar surface area (TPSA) is 103 Å². The van der Waals surface area contributed by atoms with Gasteiger partial charge in [-0.3, -0.25) is 4.79 Å². The lowest BCUT2D eigenvalue weighted by molar-refractivity contribution is -0.305. The second kappa shape index (κ2) is 7.08. The van der Waals surface area contributed by atoms with Crippen LogP contribution in [0.3, 0.4) is 0 Å². The number of aliphatic carboxylic acids is 1. The first-order valence-electron chi connectivity index (χ1n) is 6.43. The van der Waals surface area contributed by atoms with Crippen molar-refractivity contribution in [2.45, 2.75) is 18.6 Å². The number of ether oxygens (including phenoxy) is 1. The molecule has 0 bridgehead atoms. The first-order valence-corrected chi connectivity index (χ1v) is 7.31. The van der Waals surface area contributed by atoms with E-state index in [0.29, 0.717) is 5.71 Å². The summed E-state index contributed by atoms with van der Waals surface area (Å²) >= 11 is 1.03. The highest BCUT2D eigenvalue weighted by Crippen LogP contribution is 2.22. The van der Waals surface area contributed by atoms with Gasteiger partial charge in [-0.1, -0.05) is 11.8 Å². The van der Waals surface area contributed by atoms with Crippen LogP contribution >= 0.6 is 11.8 Å². The molecule has 1 aromatic carbocycles. The molecule has 22 heavy (non-hydrogen) atoms. The highest BCUT2D eigenvalue weighted by molar-refractivity contribution is 8.15. The Hall–Kier alpha value is -2.35. The van der Waals surface area contributed by atoms with Gasteiger partial charge in [0.15, 0.2) is 5.17 Å². The molecule has 116 valence electrons. The van der Waals surface area contributed by atoms with Crippen molar-refractivity contribution in [3.8, 4) is 5.75 Å². The van der Waals surface area contributed by atoms with Crippen molar-refractivity contribution in [3.05, 3.63) is 29.8 Å². The minimum atomic E-state index is -1.27. The lowest BCUT2D eigenvalue weighted by Gasteiger charge is -2.04. The summed E-state index contributed by atoms with van der Waals surface area (Å²) in [7, 11) is 1.59. The summed E-state index contributed by atoms with van der Waals surface area (Å²) in [6.45, 7) is 1.78. The van der Waals surface area contributed by atoms with Crippen molar-refractivity contribution in [2.24, 2.45) is 10.2 Å². The largest absolute Gasteiger partial charge is 0.550 e. The van der Waals surface area contributed by atoms with Gasteiger partial charge in [0.25, 0.3) is 0 Å². The number of rotatable bonds is 5. The number of benzene rings is 1. The zero-order valence-electron chi connectivity index (χ0n) is 12.0. The number of hydrogen-bond acceptors (Lipinski definition) is 7. The minimum absolute atomic E-state index is 0.282. The van der Waals surface area contributed by atoms with Crippen LogP contribution in [0, 0.1) is 0 Å². The van der Waals surface area contributed by atoms with Crippen LogP contribution in [0.2, 0.25) is 0 Å². The Kier molecular flexibility index (Phi) is 5.16. The molecule has 0 aliphatic carbocycles. The van der Waals surface area contributed by atoms with E-state index in [-0.39, 0.29) is 11.6 Å². The molecule has 1 heterocycles. The fourth-order valence-corrected chi connectivity index (χ4v) is 2.65. The van der Waals surface area contributed by atoms with Crippen molar-refractivity contribution < 1.29 is 19.4 Å². The molecular weight excluding hydrogens is 306 g/mol. The molecule has 1 saturated heterocycles. The standard InChI is InChI=1S/C14H15N3O4S/c1-8(9-3-5-10(21-2)6-4-9)16-17-14-15-13(20)11(22-14)7-12(18)19/h3-6,11H,7H2,1-2H3,(H,18,19)(H,15,17,20)/p-1/b16-8+/t11-/m1/s1. The highest BCUT2D eigenvalue weighted by atomic mass is 32.2. The zero-order valence-corrected chi connectivity index (χ0v) is 12.8. The number of nitrogens with zero attached hydrogens (tertiary/aromatic N) is 2. The maximum Gasteiger partial charge on any atom is 0.239 e. The van der Waals surface area contributed by atoms with Crippen molar-refractivity contribution in [3.63, 3.8) is 0 Å². The molecule has 0 unspecified atom stereocenters. The summed E-state index contributed by atoms with van der Waals surface area (Å²) in [4.78, 5) is 22.1. The van der Waals surface area contributed by atoms with Crippen molar-refractivity contribution in [2.75, 3.05) is 7.11 Å². The predicted molar refractivity (Wildman–Crippen MR) is 81.8 cm³/mol. The van der Waals surface area contributed by atoms with E-state index in [4.69, 9.17) is 4.74 Å². The van der Waals surface area contributed by atoms with Crippen molar-refractivity contribution >= 4 is 34.5 Å². The Morgan fingerprint density at radius 2 is 2.09 bits per heavy atom. The molecule has 1 atom stereocenters. The van der Waals surface area contributed by atoms with E-state index in [1.165, 1.54) is 0 Å². The molecule has 1 aliphatic heterocycles. The molecule has 0 spiro atoms. The van der Waals surface area contributed by atoms with Crippen LogP contribution < -0.4 is 15.2 Å². The Bertz CT molecular complexity index is 640. The van der Waals surface area contributed by atoms with Crippen molar-refractivity contribution in [1.82, 2.24) is 5.32 Å². The summed E-state index contributed by atoms with van der Waals surface area (Å²) in [5, 5.41) is 20.6. The fourth-order valence-electron chi connectivity index (χ4n) is 1.75. The van der Waals surface area contributed by atoms with Crippen molar-refractivity contribution in [1.29, 1.82) is 0 Å². The summed E-state index contributed by atoms with van der Waals surface area (Å²) < 4.78 is 5.07. The van der Waals surface area contributed by atoms with Crippen LogP contribution in [-0.2, 0) is 9.59 Å². The molecule has 1 N–H and O–H groups in total. The third-order valence-corrected chi connectivity index (χ3v) is 4.00. The predicted octanol–water partition coefficient (Wildman–Crippen LogP) is 0.147. The SMILES string of the molecule is COc1ccc(/C(C)=N/N=C2\NC(=O)[C@@H](CC(=O)[O-])S2)cc1. The number of thioether (sulfide) groups is 1. The number of carboxylic acid groups (broad SMARTS) is 1. The van der Waals surface area contributed by atoms with E-state index in [9.17, 15) is 14.7 Å². The Morgan fingerprint density at radius 3 is 2.68 bits per heavy atom. The minimum Gasteiger partial charge on any atom is -0.550 e. The van der Waals surface area contributed by atoms with Crippen LogP contribution in [0.5, 0.6) is 5.75 Å². The van der Waals surface area contributed by atoms with Crippen LogP contribution in [0.25, 0.3) is 0 Å². The molecule has 1 aliphatic rings. The van der Waals surface area contributed by atoms with Gasteiger partial charge in [-0.15, -0.1) is 5.10 Å². The molecule has 1 fully saturated rings. The average molecular weight is 320 g/mol. The van der Waals surface area contributed by atoms with Gasteiger partial charge in [0.05, 0.1) is 18.1 Å². The molecular formula is C14H14N3O4S-. The summed E-state index contributed by atoms with van der Waals surface area (Å²) in [5.74, 6) is -0.927. The van der Waals surface area contributed by atoms with E-state index < -0.39 is 17.1 Å². The van der Waals surface area contributed by atoms with Gasteiger partial charge in [0, 0.05) is 12.4 Å². The smallest absolute Gasteiger partial charge is 0.239 e. The summed E-state index contributed by atoms with van der Waals surface area (Å²) in [5.41, 5.74) is 1.53. The second-order valence-electron chi connectivity index (χ2n) is 4.49. The number of nitrogens with one attached hydrogen (secondary N) is 1. The third-order valence-electron chi connectivity index (χ3n) is 2.93. The molecule has 0 radical (unpaired) electrons. The molecule has 2 rings (SSSR count). The lowest BCUT2D eigenvalue weighted by Crippen LogP contribution is -2.31. The van der Waals surface area contributed by atoms with Gasteiger partial charge < -0.3 is 20.0 Å². The number of methoxy groups -OCH3 is 1. The van der Waals surface area contributed by atoms with E-state index in [2.05, 4.69) is 15.5 Å². The maximum atomic E-state index is 11.5. The van der Waals surface area contributed by atoms with E-state index >= 15 is 0 Å². The van der Waals surface area contributed by atoms with E-state index in [0.717, 1.165) is 23.1 Å². The summed E-state index contributed by atoms with van der Waals surface area (Å²) in [6.07, 6.45) is -0.350. The Morgan fingerprint density at radius 1 is 1.41 bits per heavy atom. The van der Waals surface area contributed by atoms with Gasteiger partial charge >= 0.3 is 0 Å². The number of amides is 1. The number of hydrogen-bond donors (Lipinski definition) is 1. The van der Waals surface area contributed by atoms with E-state index in [1.807, 2.05) is 24.3 Å².